The van der Waals surface area contributed by atoms with Gasteiger partial charge >= 0.3 is 0 Å². The number of halogens is 1. The van der Waals surface area contributed by atoms with Crippen molar-refractivity contribution in [3.05, 3.63) is 34.9 Å². The van der Waals surface area contributed by atoms with Crippen LogP contribution in [0.25, 0.3) is 0 Å². The highest BCUT2D eigenvalue weighted by molar-refractivity contribution is 6.30. The van der Waals surface area contributed by atoms with Gasteiger partial charge in [-0.25, -0.2) is 9.98 Å². The van der Waals surface area contributed by atoms with Crippen LogP contribution in [0.15, 0.2) is 34.3 Å². The van der Waals surface area contributed by atoms with E-state index >= 15 is 0 Å². The molecule has 0 spiro atoms. The van der Waals surface area contributed by atoms with Gasteiger partial charge in [0.05, 0.1) is 22.4 Å². The van der Waals surface area contributed by atoms with Crippen LogP contribution in [0.5, 0.6) is 0 Å². The summed E-state index contributed by atoms with van der Waals surface area (Å²) < 4.78 is 12.0. The van der Waals surface area contributed by atoms with Crippen LogP contribution < -0.4 is 0 Å². The minimum atomic E-state index is -0.221. The molecule has 134 valence electrons. The third-order valence-electron chi connectivity index (χ3n) is 5.42. The first-order valence-corrected chi connectivity index (χ1v) is 9.21. The third-order valence-corrected chi connectivity index (χ3v) is 5.68. The molecule has 1 saturated carbocycles. The first kappa shape index (κ1) is 16.9. The summed E-state index contributed by atoms with van der Waals surface area (Å²) in [6, 6.07) is 8.06. The van der Waals surface area contributed by atoms with Crippen LogP contribution in [0.3, 0.4) is 0 Å². The Kier molecular flexibility index (Phi) is 3.53. The molecule has 0 amide bonds. The molecule has 4 rings (SSSR count). The topological polar surface area (TPSA) is 43.2 Å². The molecule has 1 fully saturated rings. The number of nitrogens with zero attached hydrogens (tertiary/aromatic N) is 2. The quantitative estimate of drug-likeness (QED) is 0.797. The van der Waals surface area contributed by atoms with E-state index in [9.17, 15) is 0 Å². The molecule has 3 aliphatic rings. The highest BCUT2D eigenvalue weighted by Gasteiger charge is 2.70. The zero-order chi connectivity index (χ0) is 18.0. The van der Waals surface area contributed by atoms with E-state index in [2.05, 4.69) is 46.8 Å². The monoisotopic (exact) mass is 360 g/mol. The first-order chi connectivity index (χ1) is 11.6. The highest BCUT2D eigenvalue weighted by atomic mass is 35.5. The van der Waals surface area contributed by atoms with E-state index in [4.69, 9.17) is 31.1 Å². The lowest BCUT2D eigenvalue weighted by molar-refractivity contribution is 0.257. The van der Waals surface area contributed by atoms with Crippen molar-refractivity contribution < 1.29 is 9.47 Å². The van der Waals surface area contributed by atoms with Gasteiger partial charge in [-0.3, -0.25) is 0 Å². The van der Waals surface area contributed by atoms with Gasteiger partial charge in [-0.05, 0) is 52.3 Å². The normalized spacial score (nSPS) is 34.8. The summed E-state index contributed by atoms with van der Waals surface area (Å²) in [7, 11) is 0. The van der Waals surface area contributed by atoms with E-state index < -0.39 is 0 Å². The Balaban J connectivity index is 1.74. The number of rotatable bonds is 3. The van der Waals surface area contributed by atoms with E-state index in [0.717, 1.165) is 16.8 Å². The summed E-state index contributed by atoms with van der Waals surface area (Å²) in [5, 5.41) is 0.744. The van der Waals surface area contributed by atoms with Gasteiger partial charge in [0.2, 0.25) is 0 Å². The average molecular weight is 361 g/mol. The van der Waals surface area contributed by atoms with Crippen molar-refractivity contribution in [3.63, 3.8) is 0 Å². The fourth-order valence-electron chi connectivity index (χ4n) is 4.02. The zero-order valence-electron chi connectivity index (χ0n) is 15.5. The summed E-state index contributed by atoms with van der Waals surface area (Å²) in [4.78, 5) is 9.70. The van der Waals surface area contributed by atoms with Crippen LogP contribution in [0.4, 0.5) is 0 Å². The minimum Gasteiger partial charge on any atom is -0.478 e. The lowest BCUT2D eigenvalue weighted by Gasteiger charge is -2.12. The molecule has 0 aromatic heterocycles. The molecular formula is C20H25ClN2O2. The van der Waals surface area contributed by atoms with Gasteiger partial charge < -0.3 is 9.47 Å². The summed E-state index contributed by atoms with van der Waals surface area (Å²) >= 11 is 6.08. The second kappa shape index (κ2) is 5.23. The molecule has 1 aromatic rings. The Hall–Kier alpha value is -1.55. The molecule has 3 atom stereocenters. The van der Waals surface area contributed by atoms with Crippen molar-refractivity contribution >= 4 is 23.4 Å². The van der Waals surface area contributed by atoms with Crippen LogP contribution in [-0.2, 0) is 9.47 Å². The molecule has 0 radical (unpaired) electrons. The fourth-order valence-corrected chi connectivity index (χ4v) is 4.15. The summed E-state index contributed by atoms with van der Waals surface area (Å²) in [6.45, 7) is 11.9. The predicted octanol–water partition coefficient (Wildman–Crippen LogP) is 4.47. The van der Waals surface area contributed by atoms with Gasteiger partial charge in [-0.2, -0.15) is 0 Å². The SMILES string of the molecule is CC1(C)COC([C@@H]2[C@@H](c3ccc(Cl)cc3)[C@]2(C)C2=NC(C)(C)CO2)=N1. The van der Waals surface area contributed by atoms with E-state index in [1.54, 1.807) is 0 Å². The zero-order valence-corrected chi connectivity index (χ0v) is 16.2. The Morgan fingerprint density at radius 2 is 1.48 bits per heavy atom. The standard InChI is InChI=1S/C20H25ClN2O2/c1-18(2)10-24-16(22-18)15-14(12-6-8-13(21)9-7-12)20(15,5)17-23-19(3,4)11-25-17/h6-9,14-15H,10-11H2,1-5H3/t14-,15+,20+/m1/s1. The van der Waals surface area contributed by atoms with Crippen molar-refractivity contribution in [1.82, 2.24) is 0 Å². The van der Waals surface area contributed by atoms with Gasteiger partial charge in [-0.1, -0.05) is 23.7 Å². The Labute approximate surface area is 154 Å². The lowest BCUT2D eigenvalue weighted by atomic mass is 10.0. The fraction of sp³-hybridized carbons (Fsp3) is 0.600. The van der Waals surface area contributed by atoms with Crippen molar-refractivity contribution in [1.29, 1.82) is 0 Å². The van der Waals surface area contributed by atoms with Crippen LogP contribution >= 0.6 is 11.6 Å². The second-order valence-electron chi connectivity index (χ2n) is 8.86. The maximum absolute atomic E-state index is 6.08. The third kappa shape index (κ3) is 2.75. The molecule has 2 heterocycles. The van der Waals surface area contributed by atoms with Crippen LogP contribution in [-0.4, -0.2) is 36.1 Å². The molecule has 25 heavy (non-hydrogen) atoms. The van der Waals surface area contributed by atoms with Gasteiger partial charge in [0.15, 0.2) is 11.8 Å². The number of hydrogen-bond donors (Lipinski definition) is 0. The van der Waals surface area contributed by atoms with Crippen molar-refractivity contribution in [2.75, 3.05) is 13.2 Å². The molecule has 1 aliphatic carbocycles. The second-order valence-corrected chi connectivity index (χ2v) is 9.30. The molecule has 1 aromatic carbocycles. The van der Waals surface area contributed by atoms with Crippen molar-refractivity contribution in [2.24, 2.45) is 21.3 Å². The molecule has 4 nitrogen and oxygen atoms in total. The molecule has 0 N–H and O–H groups in total. The summed E-state index contributed by atoms with van der Waals surface area (Å²) in [5.41, 5.74) is 0.666. The molecule has 2 aliphatic heterocycles. The Bertz CT molecular complexity index is 766. The van der Waals surface area contributed by atoms with Crippen LogP contribution in [0.1, 0.15) is 46.1 Å². The number of benzene rings is 1. The van der Waals surface area contributed by atoms with Crippen LogP contribution in [0, 0.1) is 11.3 Å². The summed E-state index contributed by atoms with van der Waals surface area (Å²) in [5.74, 6) is 2.06. The molecule has 5 heteroatoms. The van der Waals surface area contributed by atoms with Crippen molar-refractivity contribution in [3.8, 4) is 0 Å². The van der Waals surface area contributed by atoms with E-state index in [1.165, 1.54) is 5.56 Å². The van der Waals surface area contributed by atoms with Crippen LogP contribution in [0.2, 0.25) is 5.02 Å². The van der Waals surface area contributed by atoms with Gasteiger partial charge in [0.1, 0.15) is 13.2 Å². The minimum absolute atomic E-state index is 0.156. The number of hydrogen-bond acceptors (Lipinski definition) is 4. The van der Waals surface area contributed by atoms with Gasteiger partial charge in [0.25, 0.3) is 0 Å². The first-order valence-electron chi connectivity index (χ1n) is 8.84. The largest absolute Gasteiger partial charge is 0.478 e. The Morgan fingerprint density at radius 1 is 0.880 bits per heavy atom. The number of aliphatic imine (C=N–C) groups is 2. The van der Waals surface area contributed by atoms with Gasteiger partial charge in [0, 0.05) is 10.9 Å². The molecule has 0 bridgehead atoms. The van der Waals surface area contributed by atoms with Gasteiger partial charge in [-0.15, -0.1) is 0 Å². The highest BCUT2D eigenvalue weighted by Crippen LogP contribution is 2.67. The molecule has 0 unspecified atom stereocenters. The average Bonchev–Trinajstić information content (AvgIpc) is 2.78. The molecular weight excluding hydrogens is 336 g/mol. The van der Waals surface area contributed by atoms with Crippen molar-refractivity contribution in [2.45, 2.75) is 51.6 Å². The molecule has 0 saturated heterocycles. The van der Waals surface area contributed by atoms with E-state index in [0.29, 0.717) is 13.2 Å². The Morgan fingerprint density at radius 3 is 2.00 bits per heavy atom. The number of ether oxygens (including phenoxy) is 2. The lowest BCUT2D eigenvalue weighted by Crippen LogP contribution is -2.19. The van der Waals surface area contributed by atoms with E-state index in [1.807, 2.05) is 12.1 Å². The van der Waals surface area contributed by atoms with E-state index in [-0.39, 0.29) is 28.3 Å². The maximum atomic E-state index is 6.08. The smallest absolute Gasteiger partial charge is 0.191 e. The summed E-state index contributed by atoms with van der Waals surface area (Å²) in [6.07, 6.45) is 0. The maximum Gasteiger partial charge on any atom is 0.191 e. The predicted molar refractivity (Wildman–Crippen MR) is 101 cm³/mol.